The number of nitrogens with one attached hydrogen (secondary N) is 2. The first-order chi connectivity index (χ1) is 7.47. The number of hydrogen-bond acceptors (Lipinski definition) is 6. The number of hydrogen-bond donors (Lipinski definition) is 6. The molecule has 0 aliphatic rings. The summed E-state index contributed by atoms with van der Waals surface area (Å²) < 4.78 is 0. The first kappa shape index (κ1) is 12.8. The van der Waals surface area contributed by atoms with Crippen molar-refractivity contribution in [3.8, 4) is 0 Å². The van der Waals surface area contributed by atoms with Gasteiger partial charge >= 0.3 is 0 Å². The Balaban J connectivity index is 2.79. The van der Waals surface area contributed by atoms with Crippen molar-refractivity contribution in [3.05, 3.63) is 17.7 Å². The van der Waals surface area contributed by atoms with E-state index in [0.717, 1.165) is 0 Å². The summed E-state index contributed by atoms with van der Waals surface area (Å²) in [5, 5.41) is 44.1. The lowest BCUT2D eigenvalue weighted by molar-refractivity contribution is -0.0788. The summed E-state index contributed by atoms with van der Waals surface area (Å²) in [7, 11) is 0. The second-order valence-electron chi connectivity index (χ2n) is 3.50. The predicted octanol–water partition coefficient (Wildman–Crippen LogP) is -1.46. The molecular formula is C9H15N3O4. The minimum Gasteiger partial charge on any atom is -0.394 e. The van der Waals surface area contributed by atoms with Crippen LogP contribution in [0, 0.1) is 5.41 Å². The van der Waals surface area contributed by atoms with Gasteiger partial charge in [-0.25, -0.2) is 4.98 Å². The maximum absolute atomic E-state index is 9.62. The van der Waals surface area contributed by atoms with E-state index in [4.69, 9.17) is 15.6 Å². The number of aliphatic hydroxyl groups excluding tert-OH is 4. The standard InChI is InChI=1S/C9H15N3O4/c1-4(10)9-11-2-5(12-9)7(15)8(16)6(14)3-13/h2,6-8,10,13-16H,3H2,1H3,(H,11,12)/t6-,7-,8-/m1/s1. The molecule has 90 valence electrons. The van der Waals surface area contributed by atoms with E-state index in [1.165, 1.54) is 13.1 Å². The molecule has 0 unspecified atom stereocenters. The van der Waals surface area contributed by atoms with Crippen molar-refractivity contribution in [1.29, 1.82) is 5.41 Å². The fourth-order valence-corrected chi connectivity index (χ4v) is 1.18. The van der Waals surface area contributed by atoms with E-state index in [1.807, 2.05) is 0 Å². The Kier molecular flexibility index (Phi) is 4.13. The number of imidazole rings is 1. The molecule has 0 fully saturated rings. The smallest absolute Gasteiger partial charge is 0.150 e. The number of H-pyrrole nitrogens is 1. The molecule has 0 radical (unpaired) electrons. The number of aromatic amines is 1. The van der Waals surface area contributed by atoms with Crippen molar-refractivity contribution in [2.45, 2.75) is 25.2 Å². The number of rotatable bonds is 5. The first-order valence-electron chi connectivity index (χ1n) is 4.72. The van der Waals surface area contributed by atoms with Crippen LogP contribution >= 0.6 is 0 Å². The van der Waals surface area contributed by atoms with E-state index in [2.05, 4.69) is 9.97 Å². The van der Waals surface area contributed by atoms with Crippen LogP contribution in [-0.4, -0.2) is 54.9 Å². The van der Waals surface area contributed by atoms with Gasteiger partial charge in [-0.15, -0.1) is 0 Å². The molecule has 1 aromatic heterocycles. The van der Waals surface area contributed by atoms with E-state index >= 15 is 0 Å². The summed E-state index contributed by atoms with van der Waals surface area (Å²) in [5.41, 5.74) is 0.372. The third-order valence-corrected chi connectivity index (χ3v) is 2.17. The molecule has 0 aliphatic carbocycles. The first-order valence-corrected chi connectivity index (χ1v) is 4.72. The third kappa shape index (κ3) is 2.64. The van der Waals surface area contributed by atoms with Crippen molar-refractivity contribution in [3.63, 3.8) is 0 Å². The lowest BCUT2D eigenvalue weighted by Gasteiger charge is -2.20. The van der Waals surface area contributed by atoms with Gasteiger partial charge in [-0.2, -0.15) is 0 Å². The molecule has 0 bridgehead atoms. The highest BCUT2D eigenvalue weighted by molar-refractivity contribution is 5.92. The molecule has 1 rings (SSSR count). The summed E-state index contributed by atoms with van der Waals surface area (Å²) in [4.78, 5) is 6.44. The molecule has 0 saturated heterocycles. The van der Waals surface area contributed by atoms with Crippen LogP contribution in [0.15, 0.2) is 6.20 Å². The summed E-state index contributed by atoms with van der Waals surface area (Å²) in [6.45, 7) is 0.872. The maximum Gasteiger partial charge on any atom is 0.150 e. The molecule has 0 saturated carbocycles. The fourth-order valence-electron chi connectivity index (χ4n) is 1.18. The molecular weight excluding hydrogens is 214 g/mol. The highest BCUT2D eigenvalue weighted by atomic mass is 16.4. The van der Waals surface area contributed by atoms with E-state index in [9.17, 15) is 10.2 Å². The average Bonchev–Trinajstić information content (AvgIpc) is 2.75. The maximum atomic E-state index is 9.62. The van der Waals surface area contributed by atoms with Gasteiger partial charge in [0.05, 0.1) is 24.2 Å². The molecule has 0 aliphatic heterocycles. The quantitative estimate of drug-likeness (QED) is 0.343. The van der Waals surface area contributed by atoms with E-state index in [1.54, 1.807) is 0 Å². The summed E-state index contributed by atoms with van der Waals surface area (Å²) in [6, 6.07) is 0. The van der Waals surface area contributed by atoms with Crippen LogP contribution in [-0.2, 0) is 0 Å². The molecule has 6 N–H and O–H groups in total. The van der Waals surface area contributed by atoms with Crippen molar-refractivity contribution >= 4 is 5.71 Å². The Morgan fingerprint density at radius 2 is 2.12 bits per heavy atom. The van der Waals surface area contributed by atoms with Crippen LogP contribution in [0.2, 0.25) is 0 Å². The Labute approximate surface area is 91.9 Å². The van der Waals surface area contributed by atoms with Gasteiger partial charge in [0.1, 0.15) is 18.3 Å². The van der Waals surface area contributed by atoms with Gasteiger partial charge in [0.15, 0.2) is 5.82 Å². The molecule has 1 heterocycles. The lowest BCUT2D eigenvalue weighted by Crippen LogP contribution is -2.34. The summed E-state index contributed by atoms with van der Waals surface area (Å²) in [6.07, 6.45) is -3.05. The van der Waals surface area contributed by atoms with Gasteiger partial charge in [-0.05, 0) is 6.92 Å². The Morgan fingerprint density at radius 1 is 1.50 bits per heavy atom. The Bertz CT molecular complexity index is 365. The molecule has 0 spiro atoms. The van der Waals surface area contributed by atoms with Crippen LogP contribution in [0.4, 0.5) is 0 Å². The topological polar surface area (TPSA) is 133 Å². The van der Waals surface area contributed by atoms with E-state index < -0.39 is 24.9 Å². The third-order valence-electron chi connectivity index (χ3n) is 2.17. The van der Waals surface area contributed by atoms with Gasteiger partial charge in [-0.3, -0.25) is 0 Å². The van der Waals surface area contributed by atoms with Crippen molar-refractivity contribution < 1.29 is 20.4 Å². The van der Waals surface area contributed by atoms with Crippen LogP contribution in [0.1, 0.15) is 24.5 Å². The monoisotopic (exact) mass is 229 g/mol. The minimum absolute atomic E-state index is 0.182. The van der Waals surface area contributed by atoms with E-state index in [0.29, 0.717) is 0 Å². The Hall–Kier alpha value is -1.28. The van der Waals surface area contributed by atoms with Crippen molar-refractivity contribution in [1.82, 2.24) is 9.97 Å². The zero-order valence-electron chi connectivity index (χ0n) is 8.75. The van der Waals surface area contributed by atoms with Crippen LogP contribution < -0.4 is 0 Å². The minimum atomic E-state index is -1.51. The number of aliphatic hydroxyl groups is 4. The van der Waals surface area contributed by atoms with Gasteiger partial charge in [-0.1, -0.05) is 0 Å². The Morgan fingerprint density at radius 3 is 2.56 bits per heavy atom. The highest BCUT2D eigenvalue weighted by Crippen LogP contribution is 2.17. The predicted molar refractivity (Wildman–Crippen MR) is 55.1 cm³/mol. The molecule has 3 atom stereocenters. The second kappa shape index (κ2) is 5.17. The molecule has 7 nitrogen and oxygen atoms in total. The lowest BCUT2D eigenvalue weighted by atomic mass is 10.1. The molecule has 1 aromatic rings. The summed E-state index contributed by atoms with van der Waals surface area (Å²) >= 11 is 0. The van der Waals surface area contributed by atoms with Gasteiger partial charge in [0.2, 0.25) is 0 Å². The largest absolute Gasteiger partial charge is 0.394 e. The molecule has 16 heavy (non-hydrogen) atoms. The second-order valence-corrected chi connectivity index (χ2v) is 3.50. The SMILES string of the molecule is CC(=N)c1ncc([C@@H](O)[C@H](O)[C@H](O)CO)[nH]1. The average molecular weight is 229 g/mol. The van der Waals surface area contributed by atoms with Gasteiger partial charge in [0, 0.05) is 0 Å². The highest BCUT2D eigenvalue weighted by Gasteiger charge is 2.26. The molecule has 0 aromatic carbocycles. The normalized spacial score (nSPS) is 16.8. The number of nitrogens with zero attached hydrogens (tertiary/aromatic N) is 1. The van der Waals surface area contributed by atoms with Gasteiger partial charge in [0.25, 0.3) is 0 Å². The van der Waals surface area contributed by atoms with Crippen molar-refractivity contribution in [2.75, 3.05) is 6.61 Å². The molecule has 7 heteroatoms. The van der Waals surface area contributed by atoms with Crippen LogP contribution in [0.3, 0.4) is 0 Å². The van der Waals surface area contributed by atoms with Gasteiger partial charge < -0.3 is 30.8 Å². The van der Waals surface area contributed by atoms with Crippen LogP contribution in [0.25, 0.3) is 0 Å². The zero-order chi connectivity index (χ0) is 12.3. The molecule has 0 amide bonds. The van der Waals surface area contributed by atoms with Crippen LogP contribution in [0.5, 0.6) is 0 Å². The van der Waals surface area contributed by atoms with Crippen molar-refractivity contribution in [2.24, 2.45) is 0 Å². The van der Waals surface area contributed by atoms with E-state index in [-0.39, 0.29) is 17.2 Å². The summed E-state index contributed by atoms with van der Waals surface area (Å²) in [5.74, 6) is 0.278. The zero-order valence-corrected chi connectivity index (χ0v) is 8.75. The fraction of sp³-hybridized carbons (Fsp3) is 0.556. The number of aromatic nitrogens is 2.